The SMILES string of the molecule is CC(O)(c1cc(-c2ccc(O)c(C(C)(O)C(F)(F)F)c2)ccc1O)C(F)(F)F.COc1ccc(-c2ccc(OC(=O)c3ccc(C(c4ccc(C(C)=O)cc4)(C(F)(F)F)C(F)(F)F)cc3)c(C(C)(O)C(F)(F)F)c2)cc1C(C)(O)C(F)(F)F.O=C(Cl)c1ccc(C(c2ccc(C(=O)Cl)cc2)(C(F)(F)F)C(F)(F)F)cc1.P. The standard InChI is InChI=1S/C37H28F12O6.C18H16F6O4.C17H8Cl2F6O2.H3P/c1-19(50)20-5-11-24(12-6-20)33(36(44,45)46,37(47,48)49)25-13-7-21(8-14-25)30(51)55-29-16-10-23(18-27(29)32(3,53)35(41,42)43)22-9-15-28(54-4)26(17-22)31(2,52)34(38,39)40;1-15(27,17(19,20)21)11-7-9(3-5-13(11)25)10-4-6-14(26)12(8-10)16(2,28)18(22,23)24;18-13(26)9-1-5-11(6-2-9)15(16(20,21)22,17(23,24)25)12-7-3-10(4-8-12)14(19)27;/h5-18,52-53H,1-4H3;3-8,25-28H,1-2H3;1-8H;1H3. The molecule has 0 heterocycles. The van der Waals surface area contributed by atoms with Crippen molar-refractivity contribution in [2.45, 2.75) is 117 Å². The molecule has 0 aliphatic carbocycles. The first-order valence-electron chi connectivity index (χ1n) is 30.3. The van der Waals surface area contributed by atoms with E-state index in [1.54, 1.807) is 0 Å². The van der Waals surface area contributed by atoms with Crippen LogP contribution >= 0.6 is 33.1 Å². The zero-order valence-electron chi connectivity index (χ0n) is 56.8. The van der Waals surface area contributed by atoms with Crippen molar-refractivity contribution in [3.8, 4) is 45.3 Å². The van der Waals surface area contributed by atoms with Gasteiger partial charge in [0, 0.05) is 38.9 Å². The van der Waals surface area contributed by atoms with Gasteiger partial charge in [0.2, 0.25) is 10.8 Å². The number of phenols is 2. The van der Waals surface area contributed by atoms with Crippen molar-refractivity contribution in [1.29, 1.82) is 0 Å². The molecular weight excluding hydrogens is 1610 g/mol. The number of phenolic OH excluding ortho intramolecular Hbond substituents is 2. The Labute approximate surface area is 624 Å². The van der Waals surface area contributed by atoms with Crippen LogP contribution < -0.4 is 9.47 Å². The Kier molecular flexibility index (Phi) is 26.7. The molecule has 5 unspecified atom stereocenters. The molecule has 12 nitrogen and oxygen atoms in total. The van der Waals surface area contributed by atoms with Gasteiger partial charge in [0.1, 0.15) is 23.0 Å². The maximum atomic E-state index is 14.6. The lowest BCUT2D eigenvalue weighted by Gasteiger charge is -2.38. The van der Waals surface area contributed by atoms with Crippen molar-refractivity contribution in [3.05, 3.63) is 237 Å². The Morgan fingerprint density at radius 1 is 0.315 bits per heavy atom. The molecule has 8 aromatic rings. The van der Waals surface area contributed by atoms with E-state index < -0.39 is 178 Å². The third kappa shape index (κ3) is 18.2. The fraction of sp³-hybridized carbons (Fsp3) is 0.278. The minimum Gasteiger partial charge on any atom is -0.508 e. The molecule has 0 aliphatic rings. The second kappa shape index (κ2) is 32.1. The summed E-state index contributed by atoms with van der Waals surface area (Å²) in [4.78, 5) is 46.8. The van der Waals surface area contributed by atoms with Crippen LogP contribution in [0.25, 0.3) is 22.3 Å². The maximum Gasteiger partial charge on any atom is 0.421 e. The summed E-state index contributed by atoms with van der Waals surface area (Å²) < 4.78 is 343. The van der Waals surface area contributed by atoms with Gasteiger partial charge in [0.15, 0.2) is 28.2 Å². The first-order valence-corrected chi connectivity index (χ1v) is 31.1. The molecule has 5 atom stereocenters. The van der Waals surface area contributed by atoms with E-state index in [1.165, 1.54) is 0 Å². The molecule has 111 heavy (non-hydrogen) atoms. The number of methoxy groups -OCH3 is 1. The van der Waals surface area contributed by atoms with E-state index >= 15 is 0 Å². The molecule has 0 amide bonds. The molecule has 0 fully saturated rings. The topological polar surface area (TPSA) is 208 Å². The zero-order chi connectivity index (χ0) is 84.1. The number of aliphatic hydroxyl groups is 4. The maximum absolute atomic E-state index is 14.6. The molecule has 0 saturated carbocycles. The van der Waals surface area contributed by atoms with Crippen molar-refractivity contribution >= 4 is 55.3 Å². The predicted molar refractivity (Wildman–Crippen MR) is 354 cm³/mol. The highest BCUT2D eigenvalue weighted by atomic mass is 35.5. The fourth-order valence-corrected chi connectivity index (χ4v) is 11.2. The van der Waals surface area contributed by atoms with Gasteiger partial charge in [-0.3, -0.25) is 14.4 Å². The zero-order valence-corrected chi connectivity index (χ0v) is 59.8. The van der Waals surface area contributed by atoms with Crippen LogP contribution in [0.4, 0.5) is 105 Å². The molecule has 0 spiro atoms. The van der Waals surface area contributed by atoms with Gasteiger partial charge in [-0.15, -0.1) is 0 Å². The van der Waals surface area contributed by atoms with E-state index in [-0.39, 0.29) is 55.8 Å². The van der Waals surface area contributed by atoms with Crippen LogP contribution in [-0.2, 0) is 33.2 Å². The van der Waals surface area contributed by atoms with Gasteiger partial charge in [0.25, 0.3) is 10.5 Å². The monoisotopic (exact) mass is 1670 g/mol. The van der Waals surface area contributed by atoms with Crippen molar-refractivity contribution in [2.75, 3.05) is 7.11 Å². The first kappa shape index (κ1) is 92.4. The number of rotatable bonds is 16. The molecule has 0 aliphatic heterocycles. The van der Waals surface area contributed by atoms with Gasteiger partial charge in [-0.2, -0.15) is 115 Å². The van der Waals surface area contributed by atoms with Crippen molar-refractivity contribution < 1.29 is 165 Å². The number of benzene rings is 8. The van der Waals surface area contributed by atoms with Gasteiger partial charge >= 0.3 is 55.4 Å². The van der Waals surface area contributed by atoms with Gasteiger partial charge < -0.3 is 40.1 Å². The van der Waals surface area contributed by atoms with Crippen LogP contribution in [0.3, 0.4) is 0 Å². The number of Topliss-reactive ketones (excluding diaryl/α,β-unsaturated/α-hetero) is 1. The lowest BCUT2D eigenvalue weighted by Crippen LogP contribution is -2.54. The number of hydrogen-bond acceptors (Lipinski definition) is 12. The highest BCUT2D eigenvalue weighted by Gasteiger charge is 2.74. The van der Waals surface area contributed by atoms with Gasteiger partial charge in [-0.1, -0.05) is 84.9 Å². The number of halogens is 26. The average Bonchev–Trinajstić information content (AvgIpc) is 0.719. The summed E-state index contributed by atoms with van der Waals surface area (Å²) in [6.45, 7) is 2.54. The van der Waals surface area contributed by atoms with E-state index in [2.05, 4.69) is 0 Å². The second-order valence-electron chi connectivity index (χ2n) is 24.7. The van der Waals surface area contributed by atoms with Crippen LogP contribution in [-0.4, -0.2) is 109 Å². The Morgan fingerprint density at radius 2 is 0.541 bits per heavy atom. The molecule has 0 radical (unpaired) electrons. The fourth-order valence-electron chi connectivity index (χ4n) is 10.9. The smallest absolute Gasteiger partial charge is 0.421 e. The van der Waals surface area contributed by atoms with E-state index in [1.807, 2.05) is 0 Å². The summed E-state index contributed by atoms with van der Waals surface area (Å²) in [6, 6.07) is 20.0. The number of hydrogen-bond donors (Lipinski definition) is 6. The summed E-state index contributed by atoms with van der Waals surface area (Å²) in [5.74, 6) is -5.42. The summed E-state index contributed by atoms with van der Waals surface area (Å²) in [5.41, 5.74) is -34.3. The number of ether oxygens (including phenoxy) is 2. The minimum absolute atomic E-state index is 0. The van der Waals surface area contributed by atoms with Crippen molar-refractivity contribution in [2.24, 2.45) is 0 Å². The van der Waals surface area contributed by atoms with Gasteiger partial charge in [-0.05, 0) is 187 Å². The Morgan fingerprint density at radius 3 is 0.784 bits per heavy atom. The third-order valence-electron chi connectivity index (χ3n) is 17.4. The minimum atomic E-state index is -6.04. The largest absolute Gasteiger partial charge is 0.508 e. The second-order valence-corrected chi connectivity index (χ2v) is 25.3. The summed E-state index contributed by atoms with van der Waals surface area (Å²) >= 11 is 10.4. The molecule has 602 valence electrons. The van der Waals surface area contributed by atoms with Crippen LogP contribution in [0.15, 0.2) is 170 Å². The molecule has 0 bridgehead atoms. The van der Waals surface area contributed by atoms with Crippen molar-refractivity contribution in [3.63, 3.8) is 0 Å². The van der Waals surface area contributed by atoms with Crippen LogP contribution in [0.1, 0.15) is 121 Å². The number of carbonyl (C=O) groups excluding carboxylic acids is 4. The van der Waals surface area contributed by atoms with E-state index in [0.717, 1.165) is 111 Å². The molecule has 8 rings (SSSR count). The van der Waals surface area contributed by atoms with Gasteiger partial charge in [0.05, 0.1) is 12.7 Å². The third-order valence-corrected chi connectivity index (χ3v) is 17.9. The quantitative estimate of drug-likeness (QED) is 0.0133. The van der Waals surface area contributed by atoms with E-state index in [9.17, 15) is 155 Å². The summed E-state index contributed by atoms with van der Waals surface area (Å²) in [7, 11) is 0.999. The molecule has 0 aromatic heterocycles. The van der Waals surface area contributed by atoms with Crippen LogP contribution in [0.2, 0.25) is 0 Å². The normalized spacial score (nSPS) is 14.9. The summed E-state index contributed by atoms with van der Waals surface area (Å²) in [5, 5.41) is 57.9. The number of ketones is 1. The van der Waals surface area contributed by atoms with Gasteiger partial charge in [-0.25, -0.2) is 4.79 Å². The Hall–Kier alpha value is -9.19. The molecule has 6 N–H and O–H groups in total. The summed E-state index contributed by atoms with van der Waals surface area (Å²) in [6.07, 6.45) is -44.7. The van der Waals surface area contributed by atoms with Crippen LogP contribution in [0, 0.1) is 0 Å². The van der Waals surface area contributed by atoms with Crippen LogP contribution in [0.5, 0.6) is 23.0 Å². The number of esters is 1. The van der Waals surface area contributed by atoms with Crippen molar-refractivity contribution in [1.82, 2.24) is 0 Å². The lowest BCUT2D eigenvalue weighted by atomic mass is 9.72. The molecule has 0 saturated heterocycles. The highest BCUT2D eigenvalue weighted by molar-refractivity contribution is 6.92. The average molecular weight is 1670 g/mol. The Bertz CT molecular complexity index is 4540. The Balaban J connectivity index is 0.000000329. The number of aromatic hydroxyl groups is 2. The predicted octanol–water partition coefficient (Wildman–Crippen LogP) is 20.0. The number of carbonyl (C=O) groups is 4. The molecule has 39 heteroatoms. The van der Waals surface area contributed by atoms with E-state index in [4.69, 9.17) is 32.7 Å². The first-order chi connectivity index (χ1) is 49.8. The molecular formula is C72H55Cl2F24O12P. The molecule has 8 aromatic carbocycles. The number of alkyl halides is 24. The van der Waals surface area contributed by atoms with E-state index in [0.29, 0.717) is 93.6 Å². The highest BCUT2D eigenvalue weighted by Crippen LogP contribution is 2.59. The lowest BCUT2D eigenvalue weighted by molar-refractivity contribution is -0.290.